The third-order valence-corrected chi connectivity index (χ3v) is 6.31. The van der Waals surface area contributed by atoms with Crippen LogP contribution < -0.4 is 16.4 Å². The van der Waals surface area contributed by atoms with E-state index in [1.165, 1.54) is 6.20 Å². The number of anilines is 1. The molecule has 1 unspecified atom stereocenters. The van der Waals surface area contributed by atoms with E-state index < -0.39 is 37.0 Å². The number of halogens is 3. The molecule has 2 aliphatic rings. The Bertz CT molecular complexity index is 774. The standard InChI is InChI=1S/C22H31F3N4O2/c1-13-2-4-14(5-3-13)19(26)21(31)28-17-12-16(9-11-27-17)20(15-6-7-15)29-18(30)8-10-22(23,24)25/h9,11-15,19-20H,2-8,10,26H2,1H3,(H,29,30)(H,27,28,31)/t13?,14?,19-,20?/m0/s1. The lowest BCUT2D eigenvalue weighted by molar-refractivity contribution is -0.144. The first-order chi connectivity index (χ1) is 14.6. The number of hydrogen-bond acceptors (Lipinski definition) is 4. The maximum Gasteiger partial charge on any atom is 0.389 e. The zero-order chi connectivity index (χ0) is 22.6. The topological polar surface area (TPSA) is 97.1 Å². The van der Waals surface area contributed by atoms with E-state index in [0.29, 0.717) is 17.3 Å². The fraction of sp³-hybridized carbons (Fsp3) is 0.682. The maximum atomic E-state index is 12.6. The third-order valence-electron chi connectivity index (χ3n) is 6.31. The van der Waals surface area contributed by atoms with Gasteiger partial charge in [-0.1, -0.05) is 19.8 Å². The Morgan fingerprint density at radius 1 is 1.16 bits per heavy atom. The van der Waals surface area contributed by atoms with Crippen molar-refractivity contribution >= 4 is 17.6 Å². The Morgan fingerprint density at radius 2 is 1.81 bits per heavy atom. The van der Waals surface area contributed by atoms with Crippen LogP contribution in [0.4, 0.5) is 19.0 Å². The second kappa shape index (κ2) is 9.97. The molecular formula is C22H31F3N4O2. The van der Waals surface area contributed by atoms with E-state index in [-0.39, 0.29) is 17.7 Å². The molecule has 4 N–H and O–H groups in total. The van der Waals surface area contributed by atoms with Gasteiger partial charge in [0.1, 0.15) is 5.82 Å². The molecule has 1 heterocycles. The SMILES string of the molecule is CC1CCC([C@H](N)C(=O)Nc2cc(C(NC(=O)CCC(F)(F)F)C3CC3)ccn2)CC1. The van der Waals surface area contributed by atoms with E-state index in [1.54, 1.807) is 12.1 Å². The number of nitrogens with one attached hydrogen (secondary N) is 2. The molecule has 2 saturated carbocycles. The molecule has 1 aromatic heterocycles. The average Bonchev–Trinajstić information content (AvgIpc) is 3.55. The highest BCUT2D eigenvalue weighted by Gasteiger charge is 2.35. The summed E-state index contributed by atoms with van der Waals surface area (Å²) in [6.45, 7) is 2.20. The second-order valence-corrected chi connectivity index (χ2v) is 9.01. The lowest BCUT2D eigenvalue weighted by Gasteiger charge is -2.29. The maximum absolute atomic E-state index is 12.6. The number of amides is 2. The first-order valence-corrected chi connectivity index (χ1v) is 11.0. The molecule has 0 bridgehead atoms. The monoisotopic (exact) mass is 440 g/mol. The largest absolute Gasteiger partial charge is 0.389 e. The van der Waals surface area contributed by atoms with Gasteiger partial charge in [0, 0.05) is 12.6 Å². The first kappa shape index (κ1) is 23.5. The van der Waals surface area contributed by atoms with Crippen LogP contribution in [0, 0.1) is 17.8 Å². The number of pyridine rings is 1. The molecule has 172 valence electrons. The van der Waals surface area contributed by atoms with Crippen molar-refractivity contribution in [2.45, 2.75) is 76.6 Å². The van der Waals surface area contributed by atoms with E-state index in [0.717, 1.165) is 38.5 Å². The van der Waals surface area contributed by atoms with Crippen LogP contribution in [0.1, 0.15) is 69.9 Å². The second-order valence-electron chi connectivity index (χ2n) is 9.01. The van der Waals surface area contributed by atoms with Crippen LogP contribution in [0.15, 0.2) is 18.3 Å². The summed E-state index contributed by atoms with van der Waals surface area (Å²) < 4.78 is 37.2. The van der Waals surface area contributed by atoms with Gasteiger partial charge < -0.3 is 16.4 Å². The van der Waals surface area contributed by atoms with Crippen molar-refractivity contribution in [3.05, 3.63) is 23.9 Å². The summed E-state index contributed by atoms with van der Waals surface area (Å²) in [6, 6.07) is 2.37. The molecule has 31 heavy (non-hydrogen) atoms. The number of alkyl halides is 3. The molecular weight excluding hydrogens is 409 g/mol. The van der Waals surface area contributed by atoms with Crippen LogP contribution in [0.2, 0.25) is 0 Å². The Hall–Kier alpha value is -2.16. The van der Waals surface area contributed by atoms with E-state index in [1.807, 2.05) is 0 Å². The van der Waals surface area contributed by atoms with E-state index >= 15 is 0 Å². The van der Waals surface area contributed by atoms with Crippen molar-refractivity contribution in [2.75, 3.05) is 5.32 Å². The summed E-state index contributed by atoms with van der Waals surface area (Å²) >= 11 is 0. The number of nitrogens with two attached hydrogens (primary N) is 1. The third kappa shape index (κ3) is 7.19. The minimum Gasteiger partial charge on any atom is -0.349 e. The van der Waals surface area contributed by atoms with Gasteiger partial charge in [-0.25, -0.2) is 4.98 Å². The molecule has 0 saturated heterocycles. The van der Waals surface area contributed by atoms with Gasteiger partial charge in [-0.3, -0.25) is 9.59 Å². The first-order valence-electron chi connectivity index (χ1n) is 11.0. The van der Waals surface area contributed by atoms with Crippen molar-refractivity contribution in [2.24, 2.45) is 23.5 Å². The van der Waals surface area contributed by atoms with Gasteiger partial charge in [0.2, 0.25) is 11.8 Å². The Morgan fingerprint density at radius 3 is 2.42 bits per heavy atom. The number of carbonyl (C=O) groups excluding carboxylic acids is 2. The van der Waals surface area contributed by atoms with Gasteiger partial charge in [-0.05, 0) is 61.1 Å². The zero-order valence-electron chi connectivity index (χ0n) is 17.8. The van der Waals surface area contributed by atoms with Crippen molar-refractivity contribution < 1.29 is 22.8 Å². The van der Waals surface area contributed by atoms with Gasteiger partial charge in [0.25, 0.3) is 0 Å². The van der Waals surface area contributed by atoms with Crippen LogP contribution in [0.3, 0.4) is 0 Å². The molecule has 2 fully saturated rings. The fourth-order valence-corrected chi connectivity index (χ4v) is 4.18. The van der Waals surface area contributed by atoms with Gasteiger partial charge in [0.05, 0.1) is 18.5 Å². The average molecular weight is 441 g/mol. The number of nitrogens with zero attached hydrogens (tertiary/aromatic N) is 1. The van der Waals surface area contributed by atoms with Crippen LogP contribution in [-0.4, -0.2) is 29.0 Å². The van der Waals surface area contributed by atoms with Crippen molar-refractivity contribution in [3.63, 3.8) is 0 Å². The van der Waals surface area contributed by atoms with E-state index in [4.69, 9.17) is 5.73 Å². The molecule has 2 amide bonds. The highest BCUT2D eigenvalue weighted by Crippen LogP contribution is 2.41. The minimum absolute atomic E-state index is 0.145. The predicted octanol–water partition coefficient (Wildman–Crippen LogP) is 4.08. The molecule has 9 heteroatoms. The summed E-state index contributed by atoms with van der Waals surface area (Å²) in [7, 11) is 0. The lowest BCUT2D eigenvalue weighted by Crippen LogP contribution is -2.43. The molecule has 1 aromatic rings. The van der Waals surface area contributed by atoms with Crippen molar-refractivity contribution in [1.29, 1.82) is 0 Å². The highest BCUT2D eigenvalue weighted by molar-refractivity contribution is 5.94. The summed E-state index contributed by atoms with van der Waals surface area (Å²) in [5.74, 6) is 0.387. The summed E-state index contributed by atoms with van der Waals surface area (Å²) in [6.07, 6.45) is 1.17. The van der Waals surface area contributed by atoms with Crippen LogP contribution in [0.25, 0.3) is 0 Å². The van der Waals surface area contributed by atoms with Crippen LogP contribution in [0.5, 0.6) is 0 Å². The zero-order valence-corrected chi connectivity index (χ0v) is 17.8. The molecule has 0 aliphatic heterocycles. The Labute approximate surface area is 180 Å². The summed E-state index contributed by atoms with van der Waals surface area (Å²) in [4.78, 5) is 28.8. The number of hydrogen-bond donors (Lipinski definition) is 3. The lowest BCUT2D eigenvalue weighted by atomic mass is 9.79. The van der Waals surface area contributed by atoms with E-state index in [9.17, 15) is 22.8 Å². The summed E-state index contributed by atoms with van der Waals surface area (Å²) in [5.41, 5.74) is 6.90. The van der Waals surface area contributed by atoms with Gasteiger partial charge >= 0.3 is 6.18 Å². The van der Waals surface area contributed by atoms with Crippen molar-refractivity contribution in [3.8, 4) is 0 Å². The normalized spacial score (nSPS) is 23.6. The highest BCUT2D eigenvalue weighted by atomic mass is 19.4. The quantitative estimate of drug-likeness (QED) is 0.567. The van der Waals surface area contributed by atoms with Crippen LogP contribution >= 0.6 is 0 Å². The molecule has 3 rings (SSSR count). The van der Waals surface area contributed by atoms with Gasteiger partial charge in [0.15, 0.2) is 0 Å². The Balaban J connectivity index is 1.61. The number of carbonyl (C=O) groups is 2. The number of rotatable bonds is 8. The minimum atomic E-state index is -4.37. The molecule has 2 aliphatic carbocycles. The van der Waals surface area contributed by atoms with E-state index in [2.05, 4.69) is 22.5 Å². The number of aromatic nitrogens is 1. The summed E-state index contributed by atoms with van der Waals surface area (Å²) in [5, 5.41) is 5.49. The van der Waals surface area contributed by atoms with Crippen molar-refractivity contribution in [1.82, 2.24) is 10.3 Å². The molecule has 6 nitrogen and oxygen atoms in total. The molecule has 0 radical (unpaired) electrons. The van der Waals surface area contributed by atoms with Gasteiger partial charge in [-0.2, -0.15) is 13.2 Å². The van der Waals surface area contributed by atoms with Gasteiger partial charge in [-0.15, -0.1) is 0 Å². The molecule has 0 spiro atoms. The predicted molar refractivity (Wildman–Crippen MR) is 111 cm³/mol. The Kier molecular flexibility index (Phi) is 7.56. The van der Waals surface area contributed by atoms with Crippen LogP contribution in [-0.2, 0) is 9.59 Å². The molecule has 2 atom stereocenters. The smallest absolute Gasteiger partial charge is 0.349 e. The fourth-order valence-electron chi connectivity index (χ4n) is 4.18. The molecule has 0 aromatic carbocycles.